The lowest BCUT2D eigenvalue weighted by Gasteiger charge is -2.30. The van der Waals surface area contributed by atoms with E-state index in [-0.39, 0.29) is 17.9 Å². The van der Waals surface area contributed by atoms with Crippen LogP contribution in [-0.4, -0.2) is 20.9 Å². The van der Waals surface area contributed by atoms with Gasteiger partial charge in [-0.2, -0.15) is 0 Å². The molecule has 1 saturated carbocycles. The van der Waals surface area contributed by atoms with Crippen molar-refractivity contribution in [3.05, 3.63) is 42.0 Å². The number of hydrogen-bond acceptors (Lipinski definition) is 4. The molecule has 2 heterocycles. The van der Waals surface area contributed by atoms with E-state index in [0.29, 0.717) is 5.82 Å². The number of fused-ring (bicyclic) bond motifs is 1. The second kappa shape index (κ2) is 6.07. The highest BCUT2D eigenvalue weighted by atomic mass is 16.2. The fourth-order valence-electron chi connectivity index (χ4n) is 3.29. The Morgan fingerprint density at radius 3 is 2.83 bits per heavy atom. The van der Waals surface area contributed by atoms with Crippen molar-refractivity contribution < 1.29 is 4.79 Å². The summed E-state index contributed by atoms with van der Waals surface area (Å²) in [6, 6.07) is 3.92. The Balaban J connectivity index is 1.57. The number of amides is 1. The van der Waals surface area contributed by atoms with Crippen molar-refractivity contribution in [3.8, 4) is 11.4 Å². The summed E-state index contributed by atoms with van der Waals surface area (Å²) in [5.74, 6) is 1.13. The maximum Gasteiger partial charge on any atom is 0.223 e. The Morgan fingerprint density at radius 2 is 2.09 bits per heavy atom. The standard InChI is InChI=1S/C18H20N4O/c23-18(12-4-1-5-12)22-16-8-2-7-15-14(16)11-20-17(21-15)13-6-3-9-19-10-13/h3,6,9-12,16H,1-2,4-5,7-8H2,(H,22,23)/t16-/m0/s1. The first-order chi connectivity index (χ1) is 11.3. The first-order valence-corrected chi connectivity index (χ1v) is 8.38. The molecule has 5 heteroatoms. The van der Waals surface area contributed by atoms with E-state index in [1.54, 1.807) is 12.4 Å². The number of pyridine rings is 1. The molecule has 118 valence electrons. The number of rotatable bonds is 3. The lowest BCUT2D eigenvalue weighted by molar-refractivity contribution is -0.128. The van der Waals surface area contributed by atoms with Crippen molar-refractivity contribution in [1.82, 2.24) is 20.3 Å². The van der Waals surface area contributed by atoms with Crippen LogP contribution in [-0.2, 0) is 11.2 Å². The van der Waals surface area contributed by atoms with Crippen LogP contribution in [0.3, 0.4) is 0 Å². The van der Waals surface area contributed by atoms with Crippen molar-refractivity contribution in [3.63, 3.8) is 0 Å². The smallest absolute Gasteiger partial charge is 0.223 e. The molecule has 2 aromatic heterocycles. The molecule has 2 aliphatic rings. The maximum atomic E-state index is 12.2. The Hall–Kier alpha value is -2.30. The lowest BCUT2D eigenvalue weighted by atomic mass is 9.84. The van der Waals surface area contributed by atoms with Crippen LogP contribution in [0.5, 0.6) is 0 Å². The Morgan fingerprint density at radius 1 is 1.17 bits per heavy atom. The SMILES string of the molecule is O=C(N[C@H]1CCCc2nc(-c3cccnc3)ncc21)C1CCC1. The molecule has 1 fully saturated rings. The lowest BCUT2D eigenvalue weighted by Crippen LogP contribution is -2.38. The third-order valence-corrected chi connectivity index (χ3v) is 4.89. The zero-order valence-electron chi connectivity index (χ0n) is 13.0. The molecular weight excluding hydrogens is 288 g/mol. The molecule has 1 N–H and O–H groups in total. The van der Waals surface area contributed by atoms with Crippen LogP contribution in [0.25, 0.3) is 11.4 Å². The van der Waals surface area contributed by atoms with Gasteiger partial charge < -0.3 is 5.32 Å². The second-order valence-corrected chi connectivity index (χ2v) is 6.42. The first kappa shape index (κ1) is 14.3. The van der Waals surface area contributed by atoms with Crippen LogP contribution >= 0.6 is 0 Å². The third-order valence-electron chi connectivity index (χ3n) is 4.89. The molecule has 0 spiro atoms. The second-order valence-electron chi connectivity index (χ2n) is 6.42. The molecule has 1 amide bonds. The van der Waals surface area contributed by atoms with Gasteiger partial charge in [0.05, 0.1) is 6.04 Å². The normalized spacial score (nSPS) is 20.4. The average molecular weight is 308 g/mol. The third kappa shape index (κ3) is 2.83. The molecule has 0 aliphatic heterocycles. The van der Waals surface area contributed by atoms with Crippen LogP contribution in [0.4, 0.5) is 0 Å². The minimum atomic E-state index is 0.0646. The Bertz CT molecular complexity index is 712. The minimum absolute atomic E-state index is 0.0646. The number of nitrogens with zero attached hydrogens (tertiary/aromatic N) is 3. The van der Waals surface area contributed by atoms with Gasteiger partial charge in [0.15, 0.2) is 5.82 Å². The van der Waals surface area contributed by atoms with Gasteiger partial charge in [-0.3, -0.25) is 9.78 Å². The van der Waals surface area contributed by atoms with Gasteiger partial charge >= 0.3 is 0 Å². The molecule has 0 bridgehead atoms. The summed E-state index contributed by atoms with van der Waals surface area (Å²) in [6.45, 7) is 0. The van der Waals surface area contributed by atoms with Gasteiger partial charge in [0.25, 0.3) is 0 Å². The van der Waals surface area contributed by atoms with E-state index in [9.17, 15) is 4.79 Å². The van der Waals surface area contributed by atoms with Crippen molar-refractivity contribution >= 4 is 5.91 Å². The average Bonchev–Trinajstić information content (AvgIpc) is 2.54. The number of aromatic nitrogens is 3. The summed E-state index contributed by atoms with van der Waals surface area (Å²) in [5.41, 5.74) is 3.07. The molecule has 4 rings (SSSR count). The predicted octanol–water partition coefficient (Wildman–Crippen LogP) is 2.83. The van der Waals surface area contributed by atoms with Gasteiger partial charge in [-0.05, 0) is 44.2 Å². The highest BCUT2D eigenvalue weighted by Crippen LogP contribution is 2.32. The van der Waals surface area contributed by atoms with Gasteiger partial charge in [-0.25, -0.2) is 9.97 Å². The van der Waals surface area contributed by atoms with E-state index in [4.69, 9.17) is 4.98 Å². The van der Waals surface area contributed by atoms with Crippen LogP contribution in [0.2, 0.25) is 0 Å². The van der Waals surface area contributed by atoms with E-state index in [1.807, 2.05) is 18.3 Å². The molecule has 2 aliphatic carbocycles. The molecule has 0 radical (unpaired) electrons. The highest BCUT2D eigenvalue weighted by Gasteiger charge is 2.29. The minimum Gasteiger partial charge on any atom is -0.349 e. The van der Waals surface area contributed by atoms with Crippen molar-refractivity contribution in [1.29, 1.82) is 0 Å². The van der Waals surface area contributed by atoms with E-state index in [0.717, 1.165) is 48.9 Å². The summed E-state index contributed by atoms with van der Waals surface area (Å²) >= 11 is 0. The van der Waals surface area contributed by atoms with Crippen LogP contribution in [0.1, 0.15) is 49.4 Å². The molecule has 0 saturated heterocycles. The first-order valence-electron chi connectivity index (χ1n) is 8.38. The summed E-state index contributed by atoms with van der Waals surface area (Å²) < 4.78 is 0. The molecule has 0 unspecified atom stereocenters. The molecule has 2 aromatic rings. The molecule has 0 aromatic carbocycles. The summed E-state index contributed by atoms with van der Waals surface area (Å²) in [7, 11) is 0. The van der Waals surface area contributed by atoms with E-state index in [1.165, 1.54) is 6.42 Å². The van der Waals surface area contributed by atoms with Gasteiger partial charge in [-0.15, -0.1) is 0 Å². The van der Waals surface area contributed by atoms with Crippen LogP contribution < -0.4 is 5.32 Å². The zero-order valence-corrected chi connectivity index (χ0v) is 13.0. The van der Waals surface area contributed by atoms with E-state index >= 15 is 0 Å². The van der Waals surface area contributed by atoms with Gasteiger partial charge in [0.2, 0.25) is 5.91 Å². The fraction of sp³-hybridized carbons (Fsp3) is 0.444. The summed E-state index contributed by atoms with van der Waals surface area (Å²) in [4.78, 5) is 25.6. The molecular formula is C18H20N4O. The van der Waals surface area contributed by atoms with Gasteiger partial charge in [0.1, 0.15) is 0 Å². The molecule has 23 heavy (non-hydrogen) atoms. The number of nitrogens with one attached hydrogen (secondary N) is 1. The van der Waals surface area contributed by atoms with Crippen LogP contribution in [0, 0.1) is 5.92 Å². The monoisotopic (exact) mass is 308 g/mol. The maximum absolute atomic E-state index is 12.2. The number of carbonyl (C=O) groups excluding carboxylic acids is 1. The van der Waals surface area contributed by atoms with Crippen molar-refractivity contribution in [2.75, 3.05) is 0 Å². The molecule has 1 atom stereocenters. The fourth-order valence-corrected chi connectivity index (χ4v) is 3.29. The van der Waals surface area contributed by atoms with Crippen molar-refractivity contribution in [2.45, 2.75) is 44.6 Å². The quantitative estimate of drug-likeness (QED) is 0.946. The predicted molar refractivity (Wildman–Crippen MR) is 86.4 cm³/mol. The number of hydrogen-bond donors (Lipinski definition) is 1. The number of aryl methyl sites for hydroxylation is 1. The number of carbonyl (C=O) groups is 1. The molecule has 5 nitrogen and oxygen atoms in total. The summed E-state index contributed by atoms with van der Waals surface area (Å²) in [6.07, 6.45) is 11.6. The van der Waals surface area contributed by atoms with Crippen molar-refractivity contribution in [2.24, 2.45) is 5.92 Å². The van der Waals surface area contributed by atoms with Gasteiger partial charge in [-0.1, -0.05) is 6.42 Å². The van der Waals surface area contributed by atoms with E-state index < -0.39 is 0 Å². The van der Waals surface area contributed by atoms with Gasteiger partial charge in [0, 0.05) is 41.3 Å². The highest BCUT2D eigenvalue weighted by molar-refractivity contribution is 5.79. The Kier molecular flexibility index (Phi) is 3.77. The Labute approximate surface area is 135 Å². The van der Waals surface area contributed by atoms with E-state index in [2.05, 4.69) is 15.3 Å². The largest absolute Gasteiger partial charge is 0.349 e. The zero-order chi connectivity index (χ0) is 15.6. The topological polar surface area (TPSA) is 67.8 Å². The van der Waals surface area contributed by atoms with Crippen LogP contribution in [0.15, 0.2) is 30.7 Å². The summed E-state index contributed by atoms with van der Waals surface area (Å²) in [5, 5.41) is 3.20.